The lowest BCUT2D eigenvalue weighted by Crippen LogP contribution is -2.56. The smallest absolute Gasteiger partial charge is 0.253 e. The molecule has 4 rings (SSSR count). The van der Waals surface area contributed by atoms with Gasteiger partial charge in [-0.3, -0.25) is 4.79 Å². The summed E-state index contributed by atoms with van der Waals surface area (Å²) in [5.74, 6) is 0.397. The fourth-order valence-electron chi connectivity index (χ4n) is 4.39. The second kappa shape index (κ2) is 8.13. The van der Waals surface area contributed by atoms with E-state index in [1.807, 2.05) is 12.1 Å². The van der Waals surface area contributed by atoms with Gasteiger partial charge in [0.1, 0.15) is 11.6 Å². The number of ether oxygens (including phenoxy) is 1. The van der Waals surface area contributed by atoms with Crippen molar-refractivity contribution in [2.45, 2.75) is 31.8 Å². The SMILES string of the molecule is O=C(c1ccc2c(c1)CCCO2)N1CC[C@H](O)[C@@](CO)(Cc2ccc(F)cc2)C1. The lowest BCUT2D eigenvalue weighted by molar-refractivity contribution is -0.0668. The van der Waals surface area contributed by atoms with Crippen molar-refractivity contribution in [1.29, 1.82) is 0 Å². The third-order valence-corrected chi connectivity index (χ3v) is 6.11. The maximum absolute atomic E-state index is 13.2. The van der Waals surface area contributed by atoms with Crippen LogP contribution in [0, 0.1) is 11.2 Å². The number of rotatable bonds is 4. The lowest BCUT2D eigenvalue weighted by Gasteiger charge is -2.45. The summed E-state index contributed by atoms with van der Waals surface area (Å²) in [6.45, 7) is 1.12. The molecule has 0 aliphatic carbocycles. The maximum atomic E-state index is 13.2. The van der Waals surface area contributed by atoms with Crippen LogP contribution in [0.2, 0.25) is 0 Å². The third-order valence-electron chi connectivity index (χ3n) is 6.11. The number of aryl methyl sites for hydroxylation is 1. The Morgan fingerprint density at radius 3 is 2.79 bits per heavy atom. The standard InChI is InChI=1S/C23H26FNO4/c24-19-6-3-16(4-7-19)13-23(15-26)14-25(10-9-21(23)27)22(28)18-5-8-20-17(12-18)2-1-11-29-20/h3-8,12,21,26-27H,1-2,9-11,13-15H2/t21-,23-/m0/s1. The number of nitrogens with zero attached hydrogens (tertiary/aromatic N) is 1. The van der Waals surface area contributed by atoms with Crippen molar-refractivity contribution < 1.29 is 24.1 Å². The van der Waals surface area contributed by atoms with Crippen molar-refractivity contribution in [2.24, 2.45) is 5.41 Å². The van der Waals surface area contributed by atoms with Crippen LogP contribution >= 0.6 is 0 Å². The molecule has 5 nitrogen and oxygen atoms in total. The number of halogens is 1. The number of likely N-dealkylation sites (tertiary alicyclic amines) is 1. The lowest BCUT2D eigenvalue weighted by atomic mass is 9.73. The van der Waals surface area contributed by atoms with Crippen LogP contribution in [-0.2, 0) is 12.8 Å². The molecule has 2 aromatic rings. The summed E-state index contributed by atoms with van der Waals surface area (Å²) < 4.78 is 18.9. The van der Waals surface area contributed by atoms with E-state index in [1.54, 1.807) is 23.1 Å². The minimum Gasteiger partial charge on any atom is -0.493 e. The van der Waals surface area contributed by atoms with E-state index in [0.29, 0.717) is 31.6 Å². The van der Waals surface area contributed by atoms with Gasteiger partial charge in [0, 0.05) is 24.1 Å². The van der Waals surface area contributed by atoms with E-state index in [-0.39, 0.29) is 24.9 Å². The number of aliphatic hydroxyl groups excluding tert-OH is 2. The van der Waals surface area contributed by atoms with Crippen molar-refractivity contribution in [3.8, 4) is 5.75 Å². The zero-order chi connectivity index (χ0) is 20.4. The Balaban J connectivity index is 1.55. The number of benzene rings is 2. The van der Waals surface area contributed by atoms with Gasteiger partial charge in [-0.15, -0.1) is 0 Å². The molecule has 0 aromatic heterocycles. The van der Waals surface area contributed by atoms with E-state index in [0.717, 1.165) is 29.7 Å². The molecule has 2 heterocycles. The molecule has 2 aromatic carbocycles. The van der Waals surface area contributed by atoms with Gasteiger partial charge in [0.05, 0.1) is 19.3 Å². The highest BCUT2D eigenvalue weighted by molar-refractivity contribution is 5.94. The molecule has 2 aliphatic heterocycles. The van der Waals surface area contributed by atoms with E-state index in [9.17, 15) is 19.4 Å². The first-order valence-corrected chi connectivity index (χ1v) is 10.1. The third kappa shape index (κ3) is 4.00. The van der Waals surface area contributed by atoms with Gasteiger partial charge in [-0.1, -0.05) is 12.1 Å². The van der Waals surface area contributed by atoms with Crippen LogP contribution in [0.5, 0.6) is 5.75 Å². The minimum absolute atomic E-state index is 0.109. The van der Waals surface area contributed by atoms with E-state index in [2.05, 4.69) is 0 Å². The molecule has 154 valence electrons. The van der Waals surface area contributed by atoms with E-state index in [1.165, 1.54) is 12.1 Å². The first kappa shape index (κ1) is 19.9. The van der Waals surface area contributed by atoms with Gasteiger partial charge < -0.3 is 19.8 Å². The average molecular weight is 399 g/mol. The summed E-state index contributed by atoms with van der Waals surface area (Å²) in [5.41, 5.74) is 1.58. The predicted molar refractivity (Wildman–Crippen MR) is 106 cm³/mol. The first-order chi connectivity index (χ1) is 14.0. The van der Waals surface area contributed by atoms with Crippen LogP contribution < -0.4 is 4.74 Å². The highest BCUT2D eigenvalue weighted by atomic mass is 19.1. The van der Waals surface area contributed by atoms with Gasteiger partial charge in [-0.25, -0.2) is 4.39 Å². The summed E-state index contributed by atoms with van der Waals surface area (Å²) in [5, 5.41) is 20.8. The summed E-state index contributed by atoms with van der Waals surface area (Å²) in [4.78, 5) is 14.9. The minimum atomic E-state index is -0.872. The number of amides is 1. The molecule has 1 saturated heterocycles. The molecule has 1 fully saturated rings. The van der Waals surface area contributed by atoms with Gasteiger partial charge in [-0.05, 0) is 67.1 Å². The largest absolute Gasteiger partial charge is 0.493 e. The number of aliphatic hydroxyl groups is 2. The highest BCUT2D eigenvalue weighted by Gasteiger charge is 2.44. The number of piperidine rings is 1. The summed E-state index contributed by atoms with van der Waals surface area (Å²) in [6.07, 6.45) is 1.85. The molecule has 6 heteroatoms. The van der Waals surface area contributed by atoms with E-state index < -0.39 is 11.5 Å². The second-order valence-electron chi connectivity index (χ2n) is 8.13. The zero-order valence-electron chi connectivity index (χ0n) is 16.3. The Kier molecular flexibility index (Phi) is 5.56. The van der Waals surface area contributed by atoms with Gasteiger partial charge in [-0.2, -0.15) is 0 Å². The molecular weight excluding hydrogens is 373 g/mol. The number of carbonyl (C=O) groups excluding carboxylic acids is 1. The number of hydrogen-bond acceptors (Lipinski definition) is 4. The molecule has 0 spiro atoms. The monoisotopic (exact) mass is 399 g/mol. The Hall–Kier alpha value is -2.44. The number of carbonyl (C=O) groups is 1. The first-order valence-electron chi connectivity index (χ1n) is 10.1. The van der Waals surface area contributed by atoms with Crippen LogP contribution in [0.1, 0.15) is 34.3 Å². The molecule has 0 unspecified atom stereocenters. The normalized spacial score (nSPS) is 24.0. The fraction of sp³-hybridized carbons (Fsp3) is 0.435. The molecule has 0 saturated carbocycles. The molecule has 2 atom stereocenters. The van der Waals surface area contributed by atoms with Crippen molar-refractivity contribution in [3.63, 3.8) is 0 Å². The summed E-state index contributed by atoms with van der Waals surface area (Å²) in [6, 6.07) is 11.6. The van der Waals surface area contributed by atoms with Crippen LogP contribution in [-0.4, -0.2) is 53.4 Å². The van der Waals surface area contributed by atoms with Gasteiger partial charge in [0.25, 0.3) is 5.91 Å². The van der Waals surface area contributed by atoms with Crippen LogP contribution in [0.3, 0.4) is 0 Å². The van der Waals surface area contributed by atoms with Crippen molar-refractivity contribution in [2.75, 3.05) is 26.3 Å². The van der Waals surface area contributed by atoms with E-state index >= 15 is 0 Å². The highest BCUT2D eigenvalue weighted by Crippen LogP contribution is 2.35. The molecule has 0 bridgehead atoms. The average Bonchev–Trinajstić information content (AvgIpc) is 2.76. The Labute approximate surface area is 169 Å². The maximum Gasteiger partial charge on any atom is 0.253 e. The Bertz CT molecular complexity index is 885. The van der Waals surface area contributed by atoms with Gasteiger partial charge in [0.15, 0.2) is 0 Å². The van der Waals surface area contributed by atoms with Crippen molar-refractivity contribution in [3.05, 3.63) is 65.0 Å². The summed E-state index contributed by atoms with van der Waals surface area (Å²) >= 11 is 0. The molecule has 0 radical (unpaired) electrons. The Morgan fingerprint density at radius 2 is 2.03 bits per heavy atom. The molecule has 2 aliphatic rings. The van der Waals surface area contributed by atoms with Gasteiger partial charge in [0.2, 0.25) is 0 Å². The molecular formula is C23H26FNO4. The summed E-state index contributed by atoms with van der Waals surface area (Å²) in [7, 11) is 0. The van der Waals surface area contributed by atoms with Crippen molar-refractivity contribution in [1.82, 2.24) is 4.90 Å². The quantitative estimate of drug-likeness (QED) is 0.829. The predicted octanol–water partition coefficient (Wildman–Crippen LogP) is 2.58. The zero-order valence-corrected chi connectivity index (χ0v) is 16.3. The number of hydrogen-bond donors (Lipinski definition) is 2. The Morgan fingerprint density at radius 1 is 1.24 bits per heavy atom. The molecule has 1 amide bonds. The van der Waals surface area contributed by atoms with Crippen LogP contribution in [0.4, 0.5) is 4.39 Å². The van der Waals surface area contributed by atoms with E-state index in [4.69, 9.17) is 4.74 Å². The van der Waals surface area contributed by atoms with Gasteiger partial charge >= 0.3 is 0 Å². The van der Waals surface area contributed by atoms with Crippen molar-refractivity contribution >= 4 is 5.91 Å². The topological polar surface area (TPSA) is 70.0 Å². The van der Waals surface area contributed by atoms with Crippen LogP contribution in [0.15, 0.2) is 42.5 Å². The number of fused-ring (bicyclic) bond motifs is 1. The fourth-order valence-corrected chi connectivity index (χ4v) is 4.39. The molecule has 2 N–H and O–H groups in total. The van der Waals surface area contributed by atoms with Crippen LogP contribution in [0.25, 0.3) is 0 Å². The molecule has 29 heavy (non-hydrogen) atoms. The second-order valence-corrected chi connectivity index (χ2v) is 8.13.